The van der Waals surface area contributed by atoms with Crippen molar-refractivity contribution in [2.45, 2.75) is 27.7 Å². The van der Waals surface area contributed by atoms with Crippen LogP contribution >= 0.6 is 0 Å². The predicted octanol–water partition coefficient (Wildman–Crippen LogP) is 4.15. The maximum Gasteiger partial charge on any atom is 0.338 e. The van der Waals surface area contributed by atoms with E-state index in [2.05, 4.69) is 0 Å². The Morgan fingerprint density at radius 1 is 0.950 bits per heavy atom. The van der Waals surface area contributed by atoms with E-state index < -0.39 is 0 Å². The van der Waals surface area contributed by atoms with Crippen molar-refractivity contribution in [2.24, 2.45) is 0 Å². The molecule has 0 aliphatic rings. The number of allylic oxidation sites excluding steroid dienone is 2. The Morgan fingerprint density at radius 3 is 2.05 bits per heavy atom. The first kappa shape index (κ1) is 16.0. The van der Waals surface area contributed by atoms with Gasteiger partial charge in [0, 0.05) is 0 Å². The number of benzene rings is 1. The van der Waals surface area contributed by atoms with Crippen molar-refractivity contribution < 1.29 is 14.3 Å². The van der Waals surface area contributed by atoms with Crippen molar-refractivity contribution in [3.63, 3.8) is 0 Å². The normalized spacial score (nSPS) is 9.60. The summed E-state index contributed by atoms with van der Waals surface area (Å²) in [5, 5.41) is 0. The molecule has 1 aromatic rings. The quantitative estimate of drug-likeness (QED) is 0.577. The number of ether oxygens (including phenoxy) is 2. The lowest BCUT2D eigenvalue weighted by atomic mass is 10.2. The molecule has 0 aliphatic carbocycles. The molecule has 0 aliphatic heterocycles. The molecular formula is C17H22O3. The Bertz CT molecular complexity index is 487. The number of hydrogen-bond donors (Lipinski definition) is 0. The average Bonchev–Trinajstić information content (AvgIpc) is 2.38. The molecule has 0 saturated heterocycles. The van der Waals surface area contributed by atoms with Gasteiger partial charge in [-0.15, -0.1) is 0 Å². The van der Waals surface area contributed by atoms with Crippen molar-refractivity contribution in [3.8, 4) is 5.75 Å². The van der Waals surface area contributed by atoms with E-state index in [0.29, 0.717) is 18.8 Å². The standard InChI is InChI=1S/C17H22O3/c1-13(2)9-11-19-16-7-5-15(6-8-16)17(18)20-12-10-14(3)4/h5-10H,11-12H2,1-4H3. The van der Waals surface area contributed by atoms with Gasteiger partial charge in [0.25, 0.3) is 0 Å². The molecule has 0 heterocycles. The van der Waals surface area contributed by atoms with Crippen LogP contribution in [0, 0.1) is 0 Å². The highest BCUT2D eigenvalue weighted by atomic mass is 16.5. The first-order valence-electron chi connectivity index (χ1n) is 6.65. The number of esters is 1. The summed E-state index contributed by atoms with van der Waals surface area (Å²) in [6, 6.07) is 6.97. The smallest absolute Gasteiger partial charge is 0.338 e. The van der Waals surface area contributed by atoms with Gasteiger partial charge in [-0.2, -0.15) is 0 Å². The van der Waals surface area contributed by atoms with Gasteiger partial charge in [-0.1, -0.05) is 11.1 Å². The first-order chi connectivity index (χ1) is 9.49. The molecule has 3 heteroatoms. The second kappa shape index (κ2) is 8.20. The van der Waals surface area contributed by atoms with Crippen LogP contribution in [-0.2, 0) is 4.74 Å². The van der Waals surface area contributed by atoms with Crippen LogP contribution in [0.5, 0.6) is 5.75 Å². The highest BCUT2D eigenvalue weighted by Gasteiger charge is 2.06. The van der Waals surface area contributed by atoms with E-state index in [1.54, 1.807) is 24.3 Å². The minimum Gasteiger partial charge on any atom is -0.490 e. The minimum atomic E-state index is -0.321. The maximum atomic E-state index is 11.7. The van der Waals surface area contributed by atoms with Crippen molar-refractivity contribution in [2.75, 3.05) is 13.2 Å². The van der Waals surface area contributed by atoms with Crippen LogP contribution in [0.15, 0.2) is 47.6 Å². The van der Waals surface area contributed by atoms with Crippen molar-refractivity contribution in [1.29, 1.82) is 0 Å². The average molecular weight is 274 g/mol. The molecule has 108 valence electrons. The van der Waals surface area contributed by atoms with E-state index in [4.69, 9.17) is 9.47 Å². The summed E-state index contributed by atoms with van der Waals surface area (Å²) in [6.45, 7) is 8.81. The number of carbonyl (C=O) groups excluding carboxylic acids is 1. The highest BCUT2D eigenvalue weighted by molar-refractivity contribution is 5.89. The van der Waals surface area contributed by atoms with Gasteiger partial charge in [-0.3, -0.25) is 0 Å². The largest absolute Gasteiger partial charge is 0.490 e. The molecule has 20 heavy (non-hydrogen) atoms. The summed E-state index contributed by atoms with van der Waals surface area (Å²) in [4.78, 5) is 11.7. The van der Waals surface area contributed by atoms with E-state index in [1.165, 1.54) is 5.57 Å². The molecule has 0 aromatic heterocycles. The van der Waals surface area contributed by atoms with Gasteiger partial charge >= 0.3 is 5.97 Å². The third kappa shape index (κ3) is 6.23. The zero-order chi connectivity index (χ0) is 15.0. The molecule has 1 aromatic carbocycles. The third-order valence-electron chi connectivity index (χ3n) is 2.54. The van der Waals surface area contributed by atoms with Gasteiger partial charge < -0.3 is 9.47 Å². The fraction of sp³-hybridized carbons (Fsp3) is 0.353. The lowest BCUT2D eigenvalue weighted by molar-refractivity contribution is 0.0549. The van der Waals surface area contributed by atoms with Crippen LogP contribution in [0.2, 0.25) is 0 Å². The Balaban J connectivity index is 2.51. The van der Waals surface area contributed by atoms with E-state index in [9.17, 15) is 4.79 Å². The number of carbonyl (C=O) groups is 1. The summed E-state index contributed by atoms with van der Waals surface area (Å²) >= 11 is 0. The van der Waals surface area contributed by atoms with Gasteiger partial charge in [-0.05, 0) is 64.1 Å². The molecule has 0 N–H and O–H groups in total. The monoisotopic (exact) mass is 274 g/mol. The number of hydrogen-bond acceptors (Lipinski definition) is 3. The van der Waals surface area contributed by atoms with E-state index >= 15 is 0 Å². The van der Waals surface area contributed by atoms with Crippen LogP contribution < -0.4 is 4.74 Å². The molecule has 1 rings (SSSR count). The SMILES string of the molecule is CC(C)=CCOC(=O)c1ccc(OCC=C(C)C)cc1. The predicted molar refractivity (Wildman–Crippen MR) is 81.1 cm³/mol. The Morgan fingerprint density at radius 2 is 1.50 bits per heavy atom. The lowest BCUT2D eigenvalue weighted by Gasteiger charge is -2.05. The summed E-state index contributed by atoms with van der Waals surface area (Å²) in [7, 11) is 0. The lowest BCUT2D eigenvalue weighted by Crippen LogP contribution is -2.05. The Hall–Kier alpha value is -2.03. The third-order valence-corrected chi connectivity index (χ3v) is 2.54. The Kier molecular flexibility index (Phi) is 6.57. The van der Waals surface area contributed by atoms with Gasteiger partial charge in [0.1, 0.15) is 19.0 Å². The molecule has 0 atom stereocenters. The molecule has 0 fully saturated rings. The van der Waals surface area contributed by atoms with Crippen molar-refractivity contribution in [3.05, 3.63) is 53.1 Å². The van der Waals surface area contributed by atoms with Gasteiger partial charge in [-0.25, -0.2) is 4.79 Å². The second-order valence-electron chi connectivity index (χ2n) is 5.00. The second-order valence-corrected chi connectivity index (χ2v) is 5.00. The molecule has 3 nitrogen and oxygen atoms in total. The molecule has 0 bridgehead atoms. The summed E-state index contributed by atoms with van der Waals surface area (Å²) in [5.74, 6) is 0.418. The summed E-state index contributed by atoms with van der Waals surface area (Å²) in [6.07, 6.45) is 3.87. The molecular weight excluding hydrogens is 252 g/mol. The van der Waals surface area contributed by atoms with Crippen LogP contribution in [0.1, 0.15) is 38.1 Å². The van der Waals surface area contributed by atoms with Gasteiger partial charge in [0.15, 0.2) is 0 Å². The molecule has 0 unspecified atom stereocenters. The van der Waals surface area contributed by atoms with E-state index in [1.807, 2.05) is 39.8 Å². The van der Waals surface area contributed by atoms with Crippen LogP contribution in [0.3, 0.4) is 0 Å². The van der Waals surface area contributed by atoms with Crippen molar-refractivity contribution >= 4 is 5.97 Å². The zero-order valence-electron chi connectivity index (χ0n) is 12.6. The van der Waals surface area contributed by atoms with Crippen LogP contribution in [0.25, 0.3) is 0 Å². The van der Waals surface area contributed by atoms with E-state index in [-0.39, 0.29) is 5.97 Å². The molecule has 0 amide bonds. The summed E-state index contributed by atoms with van der Waals surface area (Å²) in [5.41, 5.74) is 2.87. The molecule has 0 radical (unpaired) electrons. The highest BCUT2D eigenvalue weighted by Crippen LogP contribution is 2.13. The Labute approximate surface area is 120 Å². The van der Waals surface area contributed by atoms with E-state index in [0.717, 1.165) is 11.3 Å². The number of rotatable bonds is 6. The van der Waals surface area contributed by atoms with Gasteiger partial charge in [0.2, 0.25) is 0 Å². The fourth-order valence-electron chi connectivity index (χ4n) is 1.36. The minimum absolute atomic E-state index is 0.306. The fourth-order valence-corrected chi connectivity index (χ4v) is 1.36. The maximum absolute atomic E-state index is 11.7. The first-order valence-corrected chi connectivity index (χ1v) is 6.65. The van der Waals surface area contributed by atoms with Gasteiger partial charge in [0.05, 0.1) is 5.56 Å². The van der Waals surface area contributed by atoms with Crippen LogP contribution in [0.4, 0.5) is 0 Å². The zero-order valence-corrected chi connectivity index (χ0v) is 12.6. The molecule has 0 saturated carbocycles. The van der Waals surface area contributed by atoms with Crippen LogP contribution in [-0.4, -0.2) is 19.2 Å². The van der Waals surface area contributed by atoms with Crippen molar-refractivity contribution in [1.82, 2.24) is 0 Å². The topological polar surface area (TPSA) is 35.5 Å². The summed E-state index contributed by atoms with van der Waals surface area (Å²) < 4.78 is 10.7. The molecule has 0 spiro atoms.